The third-order valence-corrected chi connectivity index (χ3v) is 4.79. The van der Waals surface area contributed by atoms with Gasteiger partial charge in [0.2, 0.25) is 5.91 Å². The van der Waals surface area contributed by atoms with E-state index in [1.165, 1.54) is 12.5 Å². The van der Waals surface area contributed by atoms with Crippen molar-refractivity contribution in [3.8, 4) is 0 Å². The van der Waals surface area contributed by atoms with Gasteiger partial charge in [-0.3, -0.25) is 4.79 Å². The lowest BCUT2D eigenvalue weighted by Gasteiger charge is -2.34. The van der Waals surface area contributed by atoms with Crippen molar-refractivity contribution in [1.29, 1.82) is 0 Å². The average Bonchev–Trinajstić information content (AvgIpc) is 2.57. The number of anilines is 1. The zero-order chi connectivity index (χ0) is 17.5. The van der Waals surface area contributed by atoms with Gasteiger partial charge in [0.1, 0.15) is 6.29 Å². The van der Waals surface area contributed by atoms with Gasteiger partial charge in [-0.1, -0.05) is 19.1 Å². The zero-order valence-corrected chi connectivity index (χ0v) is 14.7. The Hall–Kier alpha value is -1.94. The van der Waals surface area contributed by atoms with E-state index >= 15 is 0 Å². The van der Waals surface area contributed by atoms with Gasteiger partial charge in [-0.05, 0) is 55.4 Å². The topological polar surface area (TPSA) is 58.2 Å². The standard InChI is InChI=1S/C20H28N2O2/c1-4-6-7-16(5-2)22-20-11-9-15-8-10-17(21-14(3)24)12-18(15)19(20)13-23/h4,8,10,12-13,16,19-20,22H,1,5-7,9,11H2,2-3H3,(H,21,24). The maximum Gasteiger partial charge on any atom is 0.221 e. The van der Waals surface area contributed by atoms with E-state index in [1.807, 2.05) is 24.3 Å². The molecule has 0 saturated heterocycles. The van der Waals surface area contributed by atoms with Crippen molar-refractivity contribution in [3.05, 3.63) is 42.0 Å². The Balaban J connectivity index is 2.18. The van der Waals surface area contributed by atoms with E-state index < -0.39 is 0 Å². The Morgan fingerprint density at radius 3 is 2.88 bits per heavy atom. The van der Waals surface area contributed by atoms with Gasteiger partial charge in [-0.2, -0.15) is 0 Å². The highest BCUT2D eigenvalue weighted by molar-refractivity contribution is 5.89. The number of amides is 1. The molecule has 0 aliphatic heterocycles. The van der Waals surface area contributed by atoms with Crippen LogP contribution in [0.1, 0.15) is 56.6 Å². The highest BCUT2D eigenvalue weighted by atomic mass is 16.1. The third kappa shape index (κ3) is 4.54. The lowest BCUT2D eigenvalue weighted by atomic mass is 9.79. The Morgan fingerprint density at radius 2 is 2.25 bits per heavy atom. The lowest BCUT2D eigenvalue weighted by molar-refractivity contribution is -0.114. The van der Waals surface area contributed by atoms with Crippen LogP contribution in [-0.2, 0) is 16.0 Å². The molecule has 1 aromatic rings. The second-order valence-electron chi connectivity index (χ2n) is 6.54. The van der Waals surface area contributed by atoms with Crippen molar-refractivity contribution in [2.24, 2.45) is 0 Å². The number of aryl methyl sites for hydroxylation is 1. The minimum Gasteiger partial charge on any atom is -0.326 e. The van der Waals surface area contributed by atoms with Gasteiger partial charge in [-0.25, -0.2) is 0 Å². The fraction of sp³-hybridized carbons (Fsp3) is 0.500. The fourth-order valence-corrected chi connectivity index (χ4v) is 3.50. The van der Waals surface area contributed by atoms with E-state index in [4.69, 9.17) is 0 Å². The van der Waals surface area contributed by atoms with E-state index in [-0.39, 0.29) is 17.9 Å². The van der Waals surface area contributed by atoms with Crippen LogP contribution in [0.3, 0.4) is 0 Å². The smallest absolute Gasteiger partial charge is 0.221 e. The number of benzene rings is 1. The molecule has 0 aromatic heterocycles. The number of fused-ring (bicyclic) bond motifs is 1. The predicted molar refractivity (Wildman–Crippen MR) is 98.3 cm³/mol. The molecule has 4 heteroatoms. The van der Waals surface area contributed by atoms with Crippen molar-refractivity contribution in [1.82, 2.24) is 5.32 Å². The molecule has 3 unspecified atom stereocenters. The molecule has 3 atom stereocenters. The number of carbonyl (C=O) groups is 2. The maximum absolute atomic E-state index is 11.8. The van der Waals surface area contributed by atoms with E-state index in [0.717, 1.165) is 49.6 Å². The predicted octanol–water partition coefficient (Wildman–Crippen LogP) is 3.58. The van der Waals surface area contributed by atoms with E-state index in [9.17, 15) is 9.59 Å². The van der Waals surface area contributed by atoms with Crippen LogP contribution in [0, 0.1) is 0 Å². The van der Waals surface area contributed by atoms with Crippen LogP contribution in [0.15, 0.2) is 30.9 Å². The second kappa shape index (κ2) is 8.78. The molecule has 0 radical (unpaired) electrons. The number of aldehydes is 1. The molecule has 1 aliphatic carbocycles. The monoisotopic (exact) mass is 328 g/mol. The number of carbonyl (C=O) groups excluding carboxylic acids is 2. The van der Waals surface area contributed by atoms with E-state index in [1.54, 1.807) is 0 Å². The first-order valence-electron chi connectivity index (χ1n) is 8.81. The maximum atomic E-state index is 11.8. The summed E-state index contributed by atoms with van der Waals surface area (Å²) in [6, 6.07) is 6.44. The summed E-state index contributed by atoms with van der Waals surface area (Å²) in [5.41, 5.74) is 3.00. The van der Waals surface area contributed by atoms with Gasteiger partial charge in [0.05, 0.1) is 5.92 Å². The van der Waals surface area contributed by atoms with Gasteiger partial charge in [0.15, 0.2) is 0 Å². The molecule has 2 rings (SSSR count). The minimum absolute atomic E-state index is 0.0986. The summed E-state index contributed by atoms with van der Waals surface area (Å²) in [7, 11) is 0. The summed E-state index contributed by atoms with van der Waals surface area (Å²) in [4.78, 5) is 23.1. The zero-order valence-electron chi connectivity index (χ0n) is 14.7. The number of hydrogen-bond acceptors (Lipinski definition) is 3. The molecular weight excluding hydrogens is 300 g/mol. The molecule has 0 saturated carbocycles. The molecule has 4 nitrogen and oxygen atoms in total. The van der Waals surface area contributed by atoms with Crippen LogP contribution in [0.2, 0.25) is 0 Å². The summed E-state index contributed by atoms with van der Waals surface area (Å²) < 4.78 is 0. The van der Waals surface area contributed by atoms with Gasteiger partial charge >= 0.3 is 0 Å². The first-order chi connectivity index (χ1) is 11.6. The molecule has 0 fully saturated rings. The van der Waals surface area contributed by atoms with Crippen LogP contribution >= 0.6 is 0 Å². The van der Waals surface area contributed by atoms with E-state index in [0.29, 0.717) is 6.04 Å². The Bertz CT molecular complexity index is 597. The molecule has 130 valence electrons. The van der Waals surface area contributed by atoms with Crippen molar-refractivity contribution in [2.45, 2.75) is 64.0 Å². The normalized spacial score (nSPS) is 20.8. The molecule has 24 heavy (non-hydrogen) atoms. The molecular formula is C20H28N2O2. The fourth-order valence-electron chi connectivity index (χ4n) is 3.50. The molecule has 0 spiro atoms. The highest BCUT2D eigenvalue weighted by Crippen LogP contribution is 2.33. The van der Waals surface area contributed by atoms with Crippen molar-refractivity contribution in [2.75, 3.05) is 5.32 Å². The minimum atomic E-state index is -0.166. The molecule has 1 aromatic carbocycles. The van der Waals surface area contributed by atoms with Gasteiger partial charge in [-0.15, -0.1) is 6.58 Å². The summed E-state index contributed by atoms with van der Waals surface area (Å²) >= 11 is 0. The summed E-state index contributed by atoms with van der Waals surface area (Å²) in [5.74, 6) is -0.265. The van der Waals surface area contributed by atoms with Crippen LogP contribution < -0.4 is 10.6 Å². The first kappa shape index (κ1) is 18.4. The van der Waals surface area contributed by atoms with E-state index in [2.05, 4.69) is 24.1 Å². The number of hydrogen-bond donors (Lipinski definition) is 2. The second-order valence-corrected chi connectivity index (χ2v) is 6.54. The molecule has 1 aliphatic rings. The van der Waals surface area contributed by atoms with Crippen LogP contribution in [-0.4, -0.2) is 24.3 Å². The Morgan fingerprint density at radius 1 is 1.46 bits per heavy atom. The SMILES string of the molecule is C=CCCC(CC)NC1CCc2ccc(NC(C)=O)cc2C1C=O. The molecule has 0 bridgehead atoms. The Kier molecular flexibility index (Phi) is 6.73. The van der Waals surface area contributed by atoms with Gasteiger partial charge < -0.3 is 15.4 Å². The summed E-state index contributed by atoms with van der Waals surface area (Å²) in [6.45, 7) is 7.45. The third-order valence-electron chi connectivity index (χ3n) is 4.79. The number of allylic oxidation sites excluding steroid dienone is 1. The summed E-state index contributed by atoms with van der Waals surface area (Å²) in [6.07, 6.45) is 7.96. The number of nitrogens with one attached hydrogen (secondary N) is 2. The Labute approximate surface area is 144 Å². The van der Waals surface area contributed by atoms with Crippen molar-refractivity contribution in [3.63, 3.8) is 0 Å². The van der Waals surface area contributed by atoms with Gasteiger partial charge in [0.25, 0.3) is 0 Å². The first-order valence-corrected chi connectivity index (χ1v) is 8.81. The molecule has 1 amide bonds. The summed E-state index contributed by atoms with van der Waals surface area (Å²) in [5, 5.41) is 6.48. The van der Waals surface area contributed by atoms with Crippen LogP contribution in [0.5, 0.6) is 0 Å². The molecule has 0 heterocycles. The largest absolute Gasteiger partial charge is 0.326 e. The quantitative estimate of drug-likeness (QED) is 0.566. The highest BCUT2D eigenvalue weighted by Gasteiger charge is 2.30. The lowest BCUT2D eigenvalue weighted by Crippen LogP contribution is -2.44. The van der Waals surface area contributed by atoms with Crippen molar-refractivity contribution < 1.29 is 9.59 Å². The van der Waals surface area contributed by atoms with Crippen molar-refractivity contribution >= 4 is 17.9 Å². The van der Waals surface area contributed by atoms with Crippen LogP contribution in [0.4, 0.5) is 5.69 Å². The number of rotatable bonds is 8. The van der Waals surface area contributed by atoms with Crippen LogP contribution in [0.25, 0.3) is 0 Å². The van der Waals surface area contributed by atoms with Gasteiger partial charge in [0, 0.05) is 24.7 Å². The molecule has 2 N–H and O–H groups in total. The average molecular weight is 328 g/mol.